The van der Waals surface area contributed by atoms with Gasteiger partial charge in [0.25, 0.3) is 5.91 Å². The van der Waals surface area contributed by atoms with Crippen LogP contribution < -0.4 is 5.43 Å². The highest BCUT2D eigenvalue weighted by molar-refractivity contribution is 5.92. The van der Waals surface area contributed by atoms with Gasteiger partial charge in [0.15, 0.2) is 5.43 Å². The molecule has 1 saturated heterocycles. The molecular weight excluding hydrogens is 276 g/mol. The van der Waals surface area contributed by atoms with Crippen LogP contribution in [-0.2, 0) is 6.42 Å². The minimum Gasteiger partial charge on any atom is -0.357 e. The summed E-state index contributed by atoms with van der Waals surface area (Å²) in [7, 11) is 0. The average Bonchev–Trinajstić information content (AvgIpc) is 2.97. The van der Waals surface area contributed by atoms with Gasteiger partial charge in [-0.1, -0.05) is 29.8 Å². The number of carbonyl (C=O) groups is 1. The largest absolute Gasteiger partial charge is 0.357 e. The molecule has 4 heteroatoms. The van der Waals surface area contributed by atoms with Crippen molar-refractivity contribution in [2.75, 3.05) is 6.54 Å². The van der Waals surface area contributed by atoms with Gasteiger partial charge >= 0.3 is 0 Å². The molecule has 1 aliphatic rings. The molecule has 0 saturated carbocycles. The third-order valence-corrected chi connectivity index (χ3v) is 4.23. The first-order valence-electron chi connectivity index (χ1n) is 7.69. The van der Waals surface area contributed by atoms with Crippen LogP contribution in [0, 0.1) is 6.92 Å². The van der Waals surface area contributed by atoms with Crippen LogP contribution in [0.15, 0.2) is 47.4 Å². The number of H-pyrrole nitrogens is 1. The van der Waals surface area contributed by atoms with Gasteiger partial charge in [0.05, 0.1) is 0 Å². The molecule has 0 aliphatic carbocycles. The summed E-state index contributed by atoms with van der Waals surface area (Å²) in [5.41, 5.74) is 2.72. The Morgan fingerprint density at radius 2 is 2.05 bits per heavy atom. The van der Waals surface area contributed by atoms with Crippen LogP contribution >= 0.6 is 0 Å². The Hall–Kier alpha value is -2.36. The number of likely N-dealkylation sites (tertiary alicyclic amines) is 1. The monoisotopic (exact) mass is 296 g/mol. The van der Waals surface area contributed by atoms with Crippen LogP contribution in [0.5, 0.6) is 0 Å². The number of rotatable bonds is 3. The molecular formula is C18H20N2O2. The number of hydrogen-bond donors (Lipinski definition) is 1. The SMILES string of the molecule is Cc1ccc(CC2CCCN2C(=O)c2cc(=O)cc[nH]2)cc1. The smallest absolute Gasteiger partial charge is 0.270 e. The van der Waals surface area contributed by atoms with Crippen molar-refractivity contribution in [2.24, 2.45) is 0 Å². The van der Waals surface area contributed by atoms with Gasteiger partial charge in [0.2, 0.25) is 0 Å². The Labute approximate surface area is 129 Å². The molecule has 4 nitrogen and oxygen atoms in total. The first kappa shape index (κ1) is 14.6. The van der Waals surface area contributed by atoms with E-state index in [1.54, 1.807) is 0 Å². The summed E-state index contributed by atoms with van der Waals surface area (Å²) >= 11 is 0. The summed E-state index contributed by atoms with van der Waals surface area (Å²) < 4.78 is 0. The Balaban J connectivity index is 1.76. The van der Waals surface area contributed by atoms with Gasteiger partial charge in [-0.15, -0.1) is 0 Å². The average molecular weight is 296 g/mol. The number of amides is 1. The van der Waals surface area contributed by atoms with Crippen LogP contribution in [0.25, 0.3) is 0 Å². The lowest BCUT2D eigenvalue weighted by molar-refractivity contribution is 0.0730. The molecule has 1 aliphatic heterocycles. The highest BCUT2D eigenvalue weighted by Crippen LogP contribution is 2.23. The van der Waals surface area contributed by atoms with Gasteiger partial charge in [-0.05, 0) is 31.7 Å². The summed E-state index contributed by atoms with van der Waals surface area (Å²) in [6.45, 7) is 2.83. The van der Waals surface area contributed by atoms with Gasteiger partial charge in [0, 0.05) is 30.9 Å². The maximum absolute atomic E-state index is 12.6. The number of aromatic nitrogens is 1. The number of hydrogen-bond acceptors (Lipinski definition) is 2. The summed E-state index contributed by atoms with van der Waals surface area (Å²) in [5.74, 6) is -0.0766. The van der Waals surface area contributed by atoms with Crippen LogP contribution in [0.3, 0.4) is 0 Å². The summed E-state index contributed by atoms with van der Waals surface area (Å²) in [5, 5.41) is 0. The predicted molar refractivity (Wildman–Crippen MR) is 86.0 cm³/mol. The molecule has 1 aromatic carbocycles. The van der Waals surface area contributed by atoms with E-state index < -0.39 is 0 Å². The van der Waals surface area contributed by atoms with E-state index >= 15 is 0 Å². The van der Waals surface area contributed by atoms with E-state index in [4.69, 9.17) is 0 Å². The van der Waals surface area contributed by atoms with Crippen molar-refractivity contribution in [3.05, 3.63) is 69.6 Å². The molecule has 0 bridgehead atoms. The second-order valence-corrected chi connectivity index (χ2v) is 5.92. The summed E-state index contributed by atoms with van der Waals surface area (Å²) in [6, 6.07) is 11.5. The van der Waals surface area contributed by atoms with Crippen molar-refractivity contribution in [1.29, 1.82) is 0 Å². The van der Waals surface area contributed by atoms with Crippen molar-refractivity contribution in [3.8, 4) is 0 Å². The van der Waals surface area contributed by atoms with Crippen molar-refractivity contribution >= 4 is 5.91 Å². The van der Waals surface area contributed by atoms with Crippen LogP contribution in [-0.4, -0.2) is 28.4 Å². The Bertz CT molecular complexity index is 718. The van der Waals surface area contributed by atoms with Gasteiger partial charge in [0.1, 0.15) is 5.69 Å². The van der Waals surface area contributed by atoms with Crippen LogP contribution in [0.1, 0.15) is 34.5 Å². The van der Waals surface area contributed by atoms with Crippen LogP contribution in [0.2, 0.25) is 0 Å². The number of pyridine rings is 1. The quantitative estimate of drug-likeness (QED) is 0.946. The zero-order valence-electron chi connectivity index (χ0n) is 12.7. The molecule has 114 valence electrons. The fourth-order valence-electron chi connectivity index (χ4n) is 3.04. The molecule has 1 aromatic heterocycles. The number of carbonyl (C=O) groups excluding carboxylic acids is 1. The number of aryl methyl sites for hydroxylation is 1. The molecule has 1 N–H and O–H groups in total. The third kappa shape index (κ3) is 3.11. The number of nitrogens with zero attached hydrogens (tertiary/aromatic N) is 1. The molecule has 2 aromatic rings. The molecule has 1 atom stereocenters. The van der Waals surface area contributed by atoms with E-state index in [0.717, 1.165) is 25.8 Å². The van der Waals surface area contributed by atoms with Crippen molar-refractivity contribution in [2.45, 2.75) is 32.2 Å². The van der Waals surface area contributed by atoms with E-state index in [0.29, 0.717) is 5.69 Å². The third-order valence-electron chi connectivity index (χ3n) is 4.23. The molecule has 22 heavy (non-hydrogen) atoms. The predicted octanol–water partition coefficient (Wildman–Crippen LogP) is 2.53. The Morgan fingerprint density at radius 1 is 1.27 bits per heavy atom. The van der Waals surface area contributed by atoms with Crippen LogP contribution in [0.4, 0.5) is 0 Å². The number of benzene rings is 1. The minimum absolute atomic E-state index is 0.0766. The molecule has 0 radical (unpaired) electrons. The number of nitrogens with one attached hydrogen (secondary N) is 1. The van der Waals surface area contributed by atoms with Crippen molar-refractivity contribution in [1.82, 2.24) is 9.88 Å². The van der Waals surface area contributed by atoms with Gasteiger partial charge < -0.3 is 9.88 Å². The Morgan fingerprint density at radius 3 is 2.77 bits per heavy atom. The van der Waals surface area contributed by atoms with Crippen molar-refractivity contribution in [3.63, 3.8) is 0 Å². The topological polar surface area (TPSA) is 53.2 Å². The Kier molecular flexibility index (Phi) is 4.09. The van der Waals surface area contributed by atoms with E-state index in [-0.39, 0.29) is 17.4 Å². The lowest BCUT2D eigenvalue weighted by Crippen LogP contribution is -2.37. The maximum atomic E-state index is 12.6. The van der Waals surface area contributed by atoms with Gasteiger partial charge in [-0.3, -0.25) is 9.59 Å². The second kappa shape index (κ2) is 6.18. The lowest BCUT2D eigenvalue weighted by Gasteiger charge is -2.24. The van der Waals surface area contributed by atoms with E-state index in [1.807, 2.05) is 4.90 Å². The van der Waals surface area contributed by atoms with E-state index in [2.05, 4.69) is 36.2 Å². The first-order valence-corrected chi connectivity index (χ1v) is 7.69. The number of aromatic amines is 1. The standard InChI is InChI=1S/C18H20N2O2/c1-13-4-6-14(7-5-13)11-15-3-2-10-20(15)18(22)17-12-16(21)8-9-19-17/h4-9,12,15H,2-3,10-11H2,1H3,(H,19,21). The second-order valence-electron chi connectivity index (χ2n) is 5.92. The molecule has 1 unspecified atom stereocenters. The summed E-state index contributed by atoms with van der Waals surface area (Å²) in [4.78, 5) is 28.8. The van der Waals surface area contributed by atoms with E-state index in [1.165, 1.54) is 29.5 Å². The normalized spacial score (nSPS) is 17.7. The lowest BCUT2D eigenvalue weighted by atomic mass is 10.0. The van der Waals surface area contributed by atoms with Crippen molar-refractivity contribution < 1.29 is 4.79 Å². The highest BCUT2D eigenvalue weighted by Gasteiger charge is 2.29. The molecule has 2 heterocycles. The first-order chi connectivity index (χ1) is 10.6. The van der Waals surface area contributed by atoms with E-state index in [9.17, 15) is 9.59 Å². The zero-order chi connectivity index (χ0) is 15.5. The minimum atomic E-state index is -0.142. The highest BCUT2D eigenvalue weighted by atomic mass is 16.2. The van der Waals surface area contributed by atoms with Gasteiger partial charge in [-0.25, -0.2) is 0 Å². The zero-order valence-corrected chi connectivity index (χ0v) is 12.7. The molecule has 0 spiro atoms. The molecule has 1 amide bonds. The molecule has 1 fully saturated rings. The summed E-state index contributed by atoms with van der Waals surface area (Å²) in [6.07, 6.45) is 4.42. The fourth-order valence-corrected chi connectivity index (χ4v) is 3.04. The van der Waals surface area contributed by atoms with Gasteiger partial charge in [-0.2, -0.15) is 0 Å². The fraction of sp³-hybridized carbons (Fsp3) is 0.333. The maximum Gasteiger partial charge on any atom is 0.270 e. The molecule has 3 rings (SSSR count).